The Morgan fingerprint density at radius 2 is 1.70 bits per heavy atom. The third-order valence-corrected chi connectivity index (χ3v) is 3.49. The molecule has 2 nitrogen and oxygen atoms in total. The van der Waals surface area contributed by atoms with Crippen molar-refractivity contribution in [3.63, 3.8) is 0 Å². The van der Waals surface area contributed by atoms with E-state index in [2.05, 4.69) is 19.1 Å². The average Bonchev–Trinajstić information content (AvgIpc) is 2.48. The molecule has 2 aromatic rings. The summed E-state index contributed by atoms with van der Waals surface area (Å²) < 4.78 is 0. The van der Waals surface area contributed by atoms with Gasteiger partial charge in [-0.3, -0.25) is 0 Å². The first kappa shape index (κ1) is 14.3. The molecule has 0 aliphatic carbocycles. The predicted octanol–water partition coefficient (Wildman–Crippen LogP) is 4.78. The maximum absolute atomic E-state index is 11.2. The highest BCUT2D eigenvalue weighted by Crippen LogP contribution is 2.24. The van der Waals surface area contributed by atoms with Gasteiger partial charge in [0, 0.05) is 0 Å². The van der Waals surface area contributed by atoms with Crippen LogP contribution in [0.25, 0.3) is 11.1 Å². The Balaban J connectivity index is 2.20. The van der Waals surface area contributed by atoms with Crippen LogP contribution in [0, 0.1) is 0 Å². The minimum Gasteiger partial charge on any atom is -0.478 e. The van der Waals surface area contributed by atoms with E-state index < -0.39 is 5.97 Å². The molecule has 104 valence electrons. The fourth-order valence-corrected chi connectivity index (χ4v) is 2.35. The average molecular weight is 268 g/mol. The number of unbranched alkanes of at least 4 members (excludes halogenated alkanes) is 2. The van der Waals surface area contributed by atoms with E-state index in [4.69, 9.17) is 0 Å². The first-order valence-corrected chi connectivity index (χ1v) is 7.14. The number of aryl methyl sites for hydroxylation is 1. The van der Waals surface area contributed by atoms with E-state index in [0.29, 0.717) is 5.56 Å². The first-order chi connectivity index (χ1) is 9.72. The van der Waals surface area contributed by atoms with Crippen molar-refractivity contribution >= 4 is 5.97 Å². The topological polar surface area (TPSA) is 37.3 Å². The van der Waals surface area contributed by atoms with Crippen LogP contribution < -0.4 is 0 Å². The summed E-state index contributed by atoms with van der Waals surface area (Å²) in [5, 5.41) is 9.22. The van der Waals surface area contributed by atoms with Crippen molar-refractivity contribution in [1.82, 2.24) is 0 Å². The molecule has 0 amide bonds. The number of carboxylic acids is 1. The third kappa shape index (κ3) is 3.47. The van der Waals surface area contributed by atoms with Crippen molar-refractivity contribution in [1.29, 1.82) is 0 Å². The monoisotopic (exact) mass is 268 g/mol. The molecule has 0 aromatic heterocycles. The normalized spacial score (nSPS) is 10.4. The summed E-state index contributed by atoms with van der Waals surface area (Å²) in [6.45, 7) is 2.20. The summed E-state index contributed by atoms with van der Waals surface area (Å²) in [5.41, 5.74) is 3.41. The Hall–Kier alpha value is -2.09. The Morgan fingerprint density at radius 1 is 1.00 bits per heavy atom. The summed E-state index contributed by atoms with van der Waals surface area (Å²) in [6, 6.07) is 15.4. The molecule has 0 heterocycles. The van der Waals surface area contributed by atoms with Crippen LogP contribution in [0.5, 0.6) is 0 Å². The van der Waals surface area contributed by atoms with Crippen molar-refractivity contribution in [3.05, 3.63) is 59.7 Å². The molecule has 1 N–H and O–H groups in total. The van der Waals surface area contributed by atoms with Crippen molar-refractivity contribution in [3.8, 4) is 11.1 Å². The number of carboxylic acid groups (broad SMARTS) is 1. The van der Waals surface area contributed by atoms with Crippen LogP contribution in [0.15, 0.2) is 48.5 Å². The molecule has 2 aromatic carbocycles. The zero-order valence-electron chi connectivity index (χ0n) is 11.8. The standard InChI is InChI=1S/C18H20O2/c1-2-3-4-7-14-10-12-15(13-11-14)16-8-5-6-9-17(16)18(19)20/h5-6,8-13H,2-4,7H2,1H3,(H,19,20). The SMILES string of the molecule is CCCCCc1ccc(-c2ccccc2C(=O)O)cc1. The van der Waals surface area contributed by atoms with Gasteiger partial charge < -0.3 is 5.11 Å². The first-order valence-electron chi connectivity index (χ1n) is 7.14. The maximum Gasteiger partial charge on any atom is 0.336 e. The lowest BCUT2D eigenvalue weighted by Gasteiger charge is -2.07. The number of aromatic carboxylic acids is 1. The molecule has 2 heteroatoms. The van der Waals surface area contributed by atoms with E-state index in [0.717, 1.165) is 17.5 Å². The Kier molecular flexibility index (Phi) is 4.94. The van der Waals surface area contributed by atoms with Crippen LogP contribution in [-0.4, -0.2) is 11.1 Å². The van der Waals surface area contributed by atoms with Gasteiger partial charge in [-0.2, -0.15) is 0 Å². The highest BCUT2D eigenvalue weighted by Gasteiger charge is 2.10. The molecule has 0 spiro atoms. The minimum absolute atomic E-state index is 0.353. The molecule has 0 fully saturated rings. The molecule has 0 saturated heterocycles. The van der Waals surface area contributed by atoms with Crippen LogP contribution >= 0.6 is 0 Å². The quantitative estimate of drug-likeness (QED) is 0.765. The van der Waals surface area contributed by atoms with E-state index in [-0.39, 0.29) is 0 Å². The fourth-order valence-electron chi connectivity index (χ4n) is 2.35. The van der Waals surface area contributed by atoms with Crippen LogP contribution in [0.2, 0.25) is 0 Å². The molecule has 0 aliphatic rings. The molecule has 2 rings (SSSR count). The van der Waals surface area contributed by atoms with E-state index in [9.17, 15) is 9.90 Å². The smallest absolute Gasteiger partial charge is 0.336 e. The lowest BCUT2D eigenvalue weighted by Crippen LogP contribution is -1.99. The second-order valence-electron chi connectivity index (χ2n) is 5.00. The Morgan fingerprint density at radius 3 is 2.35 bits per heavy atom. The Labute approximate surface area is 120 Å². The van der Waals surface area contributed by atoms with Gasteiger partial charge in [0.1, 0.15) is 0 Å². The highest BCUT2D eigenvalue weighted by atomic mass is 16.4. The maximum atomic E-state index is 11.2. The third-order valence-electron chi connectivity index (χ3n) is 3.49. The minimum atomic E-state index is -0.882. The van der Waals surface area contributed by atoms with Gasteiger partial charge in [0.15, 0.2) is 0 Å². The lowest BCUT2D eigenvalue weighted by molar-refractivity contribution is 0.0697. The van der Waals surface area contributed by atoms with Crippen molar-refractivity contribution in [2.45, 2.75) is 32.6 Å². The number of hydrogen-bond acceptors (Lipinski definition) is 1. The van der Waals surface area contributed by atoms with Crippen LogP contribution in [0.1, 0.15) is 42.1 Å². The van der Waals surface area contributed by atoms with Crippen molar-refractivity contribution < 1.29 is 9.90 Å². The van der Waals surface area contributed by atoms with Gasteiger partial charge in [-0.25, -0.2) is 4.79 Å². The Bertz CT molecular complexity index is 570. The van der Waals surface area contributed by atoms with Gasteiger partial charge in [0.2, 0.25) is 0 Å². The summed E-state index contributed by atoms with van der Waals surface area (Å²) in [4.78, 5) is 11.2. The molecule has 0 aliphatic heterocycles. The molecule has 20 heavy (non-hydrogen) atoms. The molecule has 0 radical (unpaired) electrons. The largest absolute Gasteiger partial charge is 0.478 e. The molecule has 0 atom stereocenters. The van der Waals surface area contributed by atoms with Gasteiger partial charge >= 0.3 is 5.97 Å². The number of hydrogen-bond donors (Lipinski definition) is 1. The van der Waals surface area contributed by atoms with Crippen LogP contribution in [0.3, 0.4) is 0 Å². The highest BCUT2D eigenvalue weighted by molar-refractivity contribution is 5.95. The van der Waals surface area contributed by atoms with Gasteiger partial charge in [-0.1, -0.05) is 62.2 Å². The lowest BCUT2D eigenvalue weighted by atomic mass is 9.97. The summed E-state index contributed by atoms with van der Waals surface area (Å²) >= 11 is 0. The van der Waals surface area contributed by atoms with E-state index in [1.54, 1.807) is 12.1 Å². The predicted molar refractivity (Wildman–Crippen MR) is 82.1 cm³/mol. The van der Waals surface area contributed by atoms with Crippen molar-refractivity contribution in [2.75, 3.05) is 0 Å². The molecular weight excluding hydrogens is 248 g/mol. The van der Waals surface area contributed by atoms with Gasteiger partial charge in [-0.05, 0) is 35.6 Å². The zero-order chi connectivity index (χ0) is 14.4. The molecule has 0 bridgehead atoms. The summed E-state index contributed by atoms with van der Waals surface area (Å²) in [6.07, 6.45) is 4.78. The van der Waals surface area contributed by atoms with E-state index >= 15 is 0 Å². The number of carbonyl (C=O) groups is 1. The van der Waals surface area contributed by atoms with Crippen LogP contribution in [0.4, 0.5) is 0 Å². The van der Waals surface area contributed by atoms with Crippen molar-refractivity contribution in [2.24, 2.45) is 0 Å². The van der Waals surface area contributed by atoms with Gasteiger partial charge in [-0.15, -0.1) is 0 Å². The van der Waals surface area contributed by atoms with Crippen LogP contribution in [-0.2, 0) is 6.42 Å². The number of rotatable bonds is 6. The van der Waals surface area contributed by atoms with E-state index in [1.165, 1.54) is 24.8 Å². The molecule has 0 unspecified atom stereocenters. The van der Waals surface area contributed by atoms with Gasteiger partial charge in [0.05, 0.1) is 5.56 Å². The summed E-state index contributed by atoms with van der Waals surface area (Å²) in [7, 11) is 0. The van der Waals surface area contributed by atoms with E-state index in [1.807, 2.05) is 24.3 Å². The second kappa shape index (κ2) is 6.90. The van der Waals surface area contributed by atoms with Gasteiger partial charge in [0.25, 0.3) is 0 Å². The molecule has 0 saturated carbocycles. The zero-order valence-corrected chi connectivity index (χ0v) is 11.8. The fraction of sp³-hybridized carbons (Fsp3) is 0.278. The molecular formula is C18H20O2. The summed E-state index contributed by atoms with van der Waals surface area (Å²) in [5.74, 6) is -0.882. The second-order valence-corrected chi connectivity index (χ2v) is 5.00. The number of benzene rings is 2.